The molecule has 0 saturated carbocycles. The van der Waals surface area contributed by atoms with Gasteiger partial charge in [-0.25, -0.2) is 4.39 Å². The Morgan fingerprint density at radius 3 is 2.60 bits per heavy atom. The number of hydrogen-bond acceptors (Lipinski definition) is 8. The van der Waals surface area contributed by atoms with E-state index in [1.54, 1.807) is 11.0 Å². The molecule has 40 heavy (non-hydrogen) atoms. The van der Waals surface area contributed by atoms with E-state index < -0.39 is 24.6 Å². The second kappa shape index (κ2) is 17.8. The Morgan fingerprint density at radius 2 is 1.85 bits per heavy atom. The zero-order chi connectivity index (χ0) is 28.6. The summed E-state index contributed by atoms with van der Waals surface area (Å²) in [6.45, 7) is 3.62. The van der Waals surface area contributed by atoms with E-state index >= 15 is 0 Å². The first-order valence-electron chi connectivity index (χ1n) is 14.3. The number of aliphatic carboxylic acids is 1. The molecule has 0 bridgehead atoms. The number of carbonyl (C=O) groups excluding carboxylic acids is 2. The van der Waals surface area contributed by atoms with Crippen LogP contribution in [0.5, 0.6) is 5.75 Å². The first kappa shape index (κ1) is 31.7. The van der Waals surface area contributed by atoms with Crippen molar-refractivity contribution >= 4 is 17.8 Å². The van der Waals surface area contributed by atoms with Crippen molar-refractivity contribution in [2.24, 2.45) is 11.8 Å². The Morgan fingerprint density at radius 1 is 1.10 bits per heavy atom. The lowest BCUT2D eigenvalue weighted by Crippen LogP contribution is -2.46. The average Bonchev–Trinajstić information content (AvgIpc) is 2.97. The molecule has 0 unspecified atom stereocenters. The number of ether oxygens (including phenoxy) is 3. The van der Waals surface area contributed by atoms with Gasteiger partial charge in [-0.15, -0.1) is 0 Å². The normalized spacial score (nSPS) is 18.7. The lowest BCUT2D eigenvalue weighted by molar-refractivity contribution is -0.138. The summed E-state index contributed by atoms with van der Waals surface area (Å²) < 4.78 is 28.0. The molecule has 2 fully saturated rings. The number of hydrogen-bond donors (Lipinski definition) is 3. The molecule has 1 aromatic heterocycles. The Balaban J connectivity index is 1.49. The predicted octanol–water partition coefficient (Wildman–Crippen LogP) is 2.11. The van der Waals surface area contributed by atoms with E-state index in [1.807, 2.05) is 0 Å². The second-order valence-electron chi connectivity index (χ2n) is 10.3. The Bertz CT molecular complexity index is 932. The number of piperidine rings is 2. The van der Waals surface area contributed by atoms with Gasteiger partial charge in [0.05, 0.1) is 51.0 Å². The van der Waals surface area contributed by atoms with Gasteiger partial charge < -0.3 is 34.9 Å². The number of rotatable bonds is 17. The number of alkyl halides is 1. The van der Waals surface area contributed by atoms with Crippen molar-refractivity contribution in [2.75, 3.05) is 65.9 Å². The van der Waals surface area contributed by atoms with Crippen molar-refractivity contribution in [3.05, 3.63) is 24.0 Å². The Kier molecular flexibility index (Phi) is 14.1. The van der Waals surface area contributed by atoms with Crippen LogP contribution in [0.25, 0.3) is 0 Å². The minimum atomic E-state index is -1.06. The highest BCUT2D eigenvalue weighted by Gasteiger charge is 2.30. The molecule has 2 saturated heterocycles. The largest absolute Gasteiger partial charge is 0.490 e. The molecule has 0 aromatic carbocycles. The summed E-state index contributed by atoms with van der Waals surface area (Å²) in [4.78, 5) is 43.6. The molecule has 3 N–H and O–H groups in total. The van der Waals surface area contributed by atoms with Crippen LogP contribution in [0, 0.1) is 11.8 Å². The molecule has 2 aliphatic rings. The van der Waals surface area contributed by atoms with Crippen molar-refractivity contribution in [3.8, 4) is 5.75 Å². The van der Waals surface area contributed by atoms with Gasteiger partial charge in [-0.2, -0.15) is 0 Å². The number of aromatic nitrogens is 1. The molecule has 3 heterocycles. The van der Waals surface area contributed by atoms with Gasteiger partial charge in [-0.1, -0.05) is 0 Å². The minimum Gasteiger partial charge on any atom is -0.490 e. The summed E-state index contributed by atoms with van der Waals surface area (Å²) in [7, 11) is 0. The van der Waals surface area contributed by atoms with E-state index in [-0.39, 0.29) is 38.1 Å². The molecule has 11 nitrogen and oxygen atoms in total. The monoisotopic (exact) mass is 566 g/mol. The molecule has 2 aliphatic heterocycles. The van der Waals surface area contributed by atoms with E-state index in [0.717, 1.165) is 38.8 Å². The van der Waals surface area contributed by atoms with E-state index in [9.17, 15) is 23.9 Å². The summed E-state index contributed by atoms with van der Waals surface area (Å²) in [5.41, 5.74) is 0.513. The fourth-order valence-corrected chi connectivity index (χ4v) is 5.09. The molecular formula is C28H43FN4O7. The second-order valence-corrected chi connectivity index (χ2v) is 10.3. The number of nitrogens with zero attached hydrogens (tertiary/aromatic N) is 2. The van der Waals surface area contributed by atoms with Crippen molar-refractivity contribution in [3.63, 3.8) is 0 Å². The van der Waals surface area contributed by atoms with Crippen LogP contribution < -0.4 is 15.4 Å². The zero-order valence-corrected chi connectivity index (χ0v) is 23.2. The summed E-state index contributed by atoms with van der Waals surface area (Å²) in [6, 6.07) is 0.860. The molecule has 0 radical (unpaired) electrons. The van der Waals surface area contributed by atoms with Gasteiger partial charge in [-0.05, 0) is 62.7 Å². The fraction of sp³-hybridized carbons (Fsp3) is 0.714. The van der Waals surface area contributed by atoms with Gasteiger partial charge in [0.25, 0.3) is 0 Å². The van der Waals surface area contributed by atoms with Crippen LogP contribution in [0.2, 0.25) is 0 Å². The smallest absolute Gasteiger partial charge is 0.305 e. The highest BCUT2D eigenvalue weighted by atomic mass is 19.1. The molecular weight excluding hydrogens is 523 g/mol. The maximum Gasteiger partial charge on any atom is 0.305 e. The topological polar surface area (TPSA) is 139 Å². The number of amides is 2. The molecule has 3 rings (SSSR count). The van der Waals surface area contributed by atoms with E-state index in [0.29, 0.717) is 56.4 Å². The highest BCUT2D eigenvalue weighted by molar-refractivity contribution is 5.82. The number of carbonyl (C=O) groups is 3. The Labute approximate surface area is 235 Å². The van der Waals surface area contributed by atoms with Crippen molar-refractivity contribution in [2.45, 2.75) is 51.0 Å². The number of carboxylic acids is 1. The number of halogens is 1. The van der Waals surface area contributed by atoms with Crippen molar-refractivity contribution in [1.29, 1.82) is 0 Å². The van der Waals surface area contributed by atoms with E-state index in [4.69, 9.17) is 14.2 Å². The van der Waals surface area contributed by atoms with E-state index in [1.165, 1.54) is 12.4 Å². The fourth-order valence-electron chi connectivity index (χ4n) is 5.09. The lowest BCUT2D eigenvalue weighted by atomic mass is 9.92. The van der Waals surface area contributed by atoms with Gasteiger partial charge in [0.1, 0.15) is 19.0 Å². The summed E-state index contributed by atoms with van der Waals surface area (Å²) >= 11 is 0. The quantitative estimate of drug-likeness (QED) is 0.242. The molecule has 0 aliphatic carbocycles. The van der Waals surface area contributed by atoms with Gasteiger partial charge in [0.2, 0.25) is 11.8 Å². The van der Waals surface area contributed by atoms with E-state index in [2.05, 4.69) is 15.6 Å². The first-order chi connectivity index (χ1) is 19.5. The highest BCUT2D eigenvalue weighted by Crippen LogP contribution is 2.25. The zero-order valence-electron chi connectivity index (χ0n) is 23.2. The third-order valence-electron chi connectivity index (χ3n) is 7.29. The van der Waals surface area contributed by atoms with Gasteiger partial charge in [-0.3, -0.25) is 19.4 Å². The maximum atomic E-state index is 13.2. The molecule has 224 valence electrons. The molecule has 2 atom stereocenters. The van der Waals surface area contributed by atoms with Gasteiger partial charge >= 0.3 is 5.97 Å². The van der Waals surface area contributed by atoms with Crippen LogP contribution in [-0.2, 0) is 23.9 Å². The van der Waals surface area contributed by atoms with Crippen LogP contribution in [0.4, 0.5) is 4.39 Å². The van der Waals surface area contributed by atoms with Crippen LogP contribution in [0.1, 0.15) is 56.6 Å². The average molecular weight is 567 g/mol. The van der Waals surface area contributed by atoms with Crippen LogP contribution in [0.15, 0.2) is 18.5 Å². The molecule has 1 aromatic rings. The third kappa shape index (κ3) is 11.3. The molecule has 2 amide bonds. The third-order valence-corrected chi connectivity index (χ3v) is 7.29. The van der Waals surface area contributed by atoms with Crippen LogP contribution in [0.3, 0.4) is 0 Å². The number of likely N-dealkylation sites (tertiary alicyclic amines) is 1. The Hall–Kier alpha value is -2.83. The summed E-state index contributed by atoms with van der Waals surface area (Å²) in [5.74, 6) is -0.646. The van der Waals surface area contributed by atoms with Crippen molar-refractivity contribution in [1.82, 2.24) is 20.5 Å². The van der Waals surface area contributed by atoms with Gasteiger partial charge in [0, 0.05) is 25.7 Å². The summed E-state index contributed by atoms with van der Waals surface area (Å²) in [5, 5.41) is 15.7. The minimum absolute atomic E-state index is 0.0438. The lowest BCUT2D eigenvalue weighted by Gasteiger charge is -2.33. The molecule has 0 spiro atoms. The first-order valence-corrected chi connectivity index (χ1v) is 14.3. The number of pyridine rings is 1. The van der Waals surface area contributed by atoms with Gasteiger partial charge in [0.15, 0.2) is 0 Å². The van der Waals surface area contributed by atoms with Crippen LogP contribution >= 0.6 is 0 Å². The number of carboxylic acid groups (broad SMARTS) is 1. The van der Waals surface area contributed by atoms with Crippen LogP contribution in [-0.4, -0.2) is 98.7 Å². The predicted molar refractivity (Wildman–Crippen MR) is 145 cm³/mol. The molecule has 12 heteroatoms. The standard InChI is InChI=1S/C28H43FN4O7/c29-7-11-38-12-13-39-14-15-40-24-16-23(18-31-19-24)25(17-27(35)36)32-28(37)22-2-1-10-33(20-22)26(34)4-3-21-5-8-30-9-6-21/h16,18-19,21-22,25,30H,1-15,17,20H2,(H,32,37)(H,35,36)/t22-,25+/m0/s1. The number of nitrogens with one attached hydrogen (secondary N) is 2. The SMILES string of the molecule is O=C(O)C[C@@H](NC(=O)[C@H]1CCCN(C(=O)CCC2CCNCC2)C1)c1cncc(OCCOCCOCCF)c1. The maximum absolute atomic E-state index is 13.2. The summed E-state index contributed by atoms with van der Waals surface area (Å²) in [6.07, 6.45) is 7.63. The van der Waals surface area contributed by atoms with Crippen molar-refractivity contribution < 1.29 is 38.1 Å².